The smallest absolute Gasteiger partial charge is 0.279 e. The van der Waals surface area contributed by atoms with E-state index in [4.69, 9.17) is 0 Å². The van der Waals surface area contributed by atoms with Gasteiger partial charge in [-0.2, -0.15) is 0 Å². The van der Waals surface area contributed by atoms with Crippen LogP contribution in [0.4, 0.5) is 20.2 Å². The number of nitrogens with one attached hydrogen (secondary N) is 1. The van der Waals surface area contributed by atoms with Gasteiger partial charge in [0.1, 0.15) is 17.3 Å². The normalized spacial score (nSPS) is 19.3. The van der Waals surface area contributed by atoms with Crippen molar-refractivity contribution in [1.29, 1.82) is 0 Å². The second kappa shape index (κ2) is 7.14. The van der Waals surface area contributed by atoms with E-state index < -0.39 is 0 Å². The van der Waals surface area contributed by atoms with Crippen LogP contribution >= 0.6 is 0 Å². The molecule has 1 amide bonds. The van der Waals surface area contributed by atoms with Gasteiger partial charge in [0, 0.05) is 16.9 Å². The first-order valence-electron chi connectivity index (χ1n) is 9.80. The monoisotopic (exact) mass is 394 g/mol. The quantitative estimate of drug-likeness (QED) is 0.691. The molecule has 29 heavy (non-hydrogen) atoms. The van der Waals surface area contributed by atoms with Gasteiger partial charge in [-0.15, -0.1) is 0 Å². The second-order valence-corrected chi connectivity index (χ2v) is 8.69. The topological polar surface area (TPSA) is 32.3 Å². The largest absolute Gasteiger partial charge is 0.351 e. The van der Waals surface area contributed by atoms with Gasteiger partial charge in [0.2, 0.25) is 0 Å². The number of hydrogen-bond donors (Lipinski definition) is 1. The van der Waals surface area contributed by atoms with Crippen LogP contribution in [0.2, 0.25) is 0 Å². The molecule has 3 nitrogen and oxygen atoms in total. The summed E-state index contributed by atoms with van der Waals surface area (Å²) in [5.41, 5.74) is 3.69. The van der Waals surface area contributed by atoms with Crippen LogP contribution < -0.4 is 10.2 Å². The third kappa shape index (κ3) is 3.69. The van der Waals surface area contributed by atoms with Gasteiger partial charge in [-0.3, -0.25) is 9.69 Å². The van der Waals surface area contributed by atoms with E-state index in [0.717, 1.165) is 24.1 Å². The number of benzene rings is 2. The van der Waals surface area contributed by atoms with Crippen molar-refractivity contribution in [1.82, 2.24) is 0 Å². The van der Waals surface area contributed by atoms with Gasteiger partial charge in [-0.05, 0) is 72.7 Å². The van der Waals surface area contributed by atoms with Gasteiger partial charge < -0.3 is 5.32 Å². The Bertz CT molecular complexity index is 999. The predicted octanol–water partition coefficient (Wildman–Crippen LogP) is 6.02. The predicted molar refractivity (Wildman–Crippen MR) is 111 cm³/mol. The van der Waals surface area contributed by atoms with Crippen molar-refractivity contribution >= 4 is 17.3 Å². The summed E-state index contributed by atoms with van der Waals surface area (Å²) in [6.07, 6.45) is 3.74. The highest BCUT2D eigenvalue weighted by Crippen LogP contribution is 2.46. The summed E-state index contributed by atoms with van der Waals surface area (Å²) in [7, 11) is 0. The standard InChI is InChI=1S/C24H24F2N2O/c1-24(2,3)15-4-13-21-20(14-15)22(27-18-9-5-16(25)6-10-18)23(29)28(21)19-11-7-17(26)8-12-19/h5-13,15,27H,4,14H2,1-3H3/t15-/m0/s1. The van der Waals surface area contributed by atoms with Crippen LogP contribution in [0.25, 0.3) is 0 Å². The number of nitrogens with zero attached hydrogens (tertiary/aromatic N) is 1. The molecule has 1 heterocycles. The Kier molecular flexibility index (Phi) is 4.77. The molecular weight excluding hydrogens is 370 g/mol. The minimum absolute atomic E-state index is 0.0996. The number of hydrogen-bond acceptors (Lipinski definition) is 2. The zero-order chi connectivity index (χ0) is 20.8. The maximum absolute atomic E-state index is 13.4. The highest BCUT2D eigenvalue weighted by Gasteiger charge is 2.41. The molecule has 5 heteroatoms. The van der Waals surface area contributed by atoms with Crippen molar-refractivity contribution in [3.05, 3.63) is 83.2 Å². The molecule has 2 aliphatic rings. The van der Waals surface area contributed by atoms with E-state index in [-0.39, 0.29) is 23.0 Å². The number of anilines is 2. The molecule has 0 fully saturated rings. The number of rotatable bonds is 3. The summed E-state index contributed by atoms with van der Waals surface area (Å²) in [4.78, 5) is 15.0. The van der Waals surface area contributed by atoms with E-state index in [9.17, 15) is 13.6 Å². The summed E-state index contributed by atoms with van der Waals surface area (Å²) in [6, 6.07) is 11.9. The Morgan fingerprint density at radius 2 is 1.55 bits per heavy atom. The van der Waals surface area contributed by atoms with Gasteiger partial charge >= 0.3 is 0 Å². The van der Waals surface area contributed by atoms with Crippen LogP contribution in [0.5, 0.6) is 0 Å². The summed E-state index contributed by atoms with van der Waals surface area (Å²) in [5.74, 6) is -0.461. The van der Waals surface area contributed by atoms with Gasteiger partial charge in [0.15, 0.2) is 0 Å². The van der Waals surface area contributed by atoms with Crippen LogP contribution in [0.1, 0.15) is 33.6 Å². The van der Waals surface area contributed by atoms with Crippen molar-refractivity contribution < 1.29 is 13.6 Å². The van der Waals surface area contributed by atoms with Crippen molar-refractivity contribution in [3.8, 4) is 0 Å². The minimum atomic E-state index is -0.344. The number of carbonyl (C=O) groups excluding carboxylic acids is 1. The van der Waals surface area contributed by atoms with Crippen molar-refractivity contribution in [2.75, 3.05) is 10.2 Å². The minimum Gasteiger partial charge on any atom is -0.351 e. The van der Waals surface area contributed by atoms with Crippen LogP contribution in [0, 0.1) is 23.0 Å². The number of amides is 1. The molecule has 1 N–H and O–H groups in total. The number of fused-ring (bicyclic) bond motifs is 1. The Labute approximate surface area is 169 Å². The van der Waals surface area contributed by atoms with Gasteiger partial charge in [0.25, 0.3) is 5.91 Å². The van der Waals surface area contributed by atoms with Crippen LogP contribution in [-0.2, 0) is 4.79 Å². The Balaban J connectivity index is 1.76. The third-order valence-electron chi connectivity index (χ3n) is 5.74. The lowest BCUT2D eigenvalue weighted by Gasteiger charge is -2.34. The lowest BCUT2D eigenvalue weighted by molar-refractivity contribution is -0.114. The van der Waals surface area contributed by atoms with E-state index in [1.165, 1.54) is 24.3 Å². The highest BCUT2D eigenvalue weighted by atomic mass is 19.1. The fourth-order valence-electron chi connectivity index (χ4n) is 3.93. The fraction of sp³-hybridized carbons (Fsp3) is 0.292. The number of allylic oxidation sites excluding steroid dienone is 2. The average molecular weight is 394 g/mol. The summed E-state index contributed by atoms with van der Waals surface area (Å²) < 4.78 is 26.7. The molecule has 0 radical (unpaired) electrons. The molecule has 2 aromatic carbocycles. The van der Waals surface area contributed by atoms with Crippen molar-refractivity contribution in [2.45, 2.75) is 33.6 Å². The lowest BCUT2D eigenvalue weighted by Crippen LogP contribution is -2.29. The Hall–Kier alpha value is -2.95. The van der Waals surface area contributed by atoms with Crippen LogP contribution in [0.15, 0.2) is 71.6 Å². The van der Waals surface area contributed by atoms with E-state index in [1.54, 1.807) is 29.2 Å². The van der Waals surface area contributed by atoms with Gasteiger partial charge in [-0.1, -0.05) is 26.8 Å². The first-order chi connectivity index (χ1) is 13.7. The zero-order valence-corrected chi connectivity index (χ0v) is 16.8. The molecule has 0 bridgehead atoms. The Morgan fingerprint density at radius 1 is 0.966 bits per heavy atom. The maximum atomic E-state index is 13.4. The van der Waals surface area contributed by atoms with E-state index >= 15 is 0 Å². The molecular formula is C24H24F2N2O. The lowest BCUT2D eigenvalue weighted by atomic mass is 9.72. The number of carbonyl (C=O) groups is 1. The molecule has 1 atom stereocenters. The van der Waals surface area contributed by atoms with E-state index in [0.29, 0.717) is 23.0 Å². The zero-order valence-electron chi connectivity index (χ0n) is 16.8. The first-order valence-corrected chi connectivity index (χ1v) is 9.80. The number of halogens is 2. The summed E-state index contributed by atoms with van der Waals surface area (Å²) in [5, 5.41) is 3.21. The van der Waals surface area contributed by atoms with E-state index in [1.807, 2.05) is 0 Å². The van der Waals surface area contributed by atoms with Crippen LogP contribution in [-0.4, -0.2) is 5.91 Å². The molecule has 150 valence electrons. The van der Waals surface area contributed by atoms with Crippen molar-refractivity contribution in [2.24, 2.45) is 11.3 Å². The molecule has 1 aliphatic heterocycles. The van der Waals surface area contributed by atoms with Gasteiger partial charge in [0.05, 0.1) is 5.70 Å². The molecule has 0 aromatic heterocycles. The first kappa shape index (κ1) is 19.4. The molecule has 0 unspecified atom stereocenters. The fourth-order valence-corrected chi connectivity index (χ4v) is 3.93. The molecule has 1 aliphatic carbocycles. The van der Waals surface area contributed by atoms with E-state index in [2.05, 4.69) is 32.2 Å². The summed E-state index contributed by atoms with van der Waals surface area (Å²) in [6.45, 7) is 6.62. The summed E-state index contributed by atoms with van der Waals surface area (Å²) >= 11 is 0. The van der Waals surface area contributed by atoms with Crippen molar-refractivity contribution in [3.63, 3.8) is 0 Å². The SMILES string of the molecule is CC(C)(C)[C@H]1CC=C2C(=C(Nc3ccc(F)cc3)C(=O)N2c2ccc(F)cc2)C1. The molecule has 0 saturated carbocycles. The molecule has 0 saturated heterocycles. The second-order valence-electron chi connectivity index (χ2n) is 8.69. The molecule has 4 rings (SSSR count). The highest BCUT2D eigenvalue weighted by molar-refractivity contribution is 6.15. The molecule has 0 spiro atoms. The third-order valence-corrected chi connectivity index (χ3v) is 5.74. The molecule has 2 aromatic rings. The average Bonchev–Trinajstić information content (AvgIpc) is 2.95. The Morgan fingerprint density at radius 3 is 2.14 bits per heavy atom. The van der Waals surface area contributed by atoms with Gasteiger partial charge in [-0.25, -0.2) is 8.78 Å². The van der Waals surface area contributed by atoms with Crippen LogP contribution in [0.3, 0.4) is 0 Å². The maximum Gasteiger partial charge on any atom is 0.279 e.